The molecule has 0 radical (unpaired) electrons. The number of piperidine rings is 1. The molecule has 2 aliphatic rings. The predicted octanol–water partition coefficient (Wildman–Crippen LogP) is 2.94. The molecule has 1 saturated carbocycles. The maximum absolute atomic E-state index is 12.8. The van der Waals surface area contributed by atoms with E-state index in [2.05, 4.69) is 22.5 Å². The lowest BCUT2D eigenvalue weighted by molar-refractivity contribution is 0.346. The highest BCUT2D eigenvalue weighted by atomic mass is 127. The Hall–Kier alpha value is -0.870. The Morgan fingerprint density at radius 2 is 1.96 bits per heavy atom. The van der Waals surface area contributed by atoms with Crippen LogP contribution in [0.15, 0.2) is 34.2 Å². The van der Waals surface area contributed by atoms with Gasteiger partial charge < -0.3 is 10.6 Å². The number of hydrogen-bond acceptors (Lipinski definition) is 3. The summed E-state index contributed by atoms with van der Waals surface area (Å²) in [4.78, 5) is 5.00. The SMILES string of the molecule is CCNC(=NCc1cccc(S(=O)(=O)N2CCCCC2)c1)NC1CC1C.I. The van der Waals surface area contributed by atoms with E-state index in [0.717, 1.165) is 37.3 Å². The zero-order valence-electron chi connectivity index (χ0n) is 16.1. The van der Waals surface area contributed by atoms with Gasteiger partial charge in [-0.05, 0) is 49.8 Å². The minimum absolute atomic E-state index is 0. The topological polar surface area (TPSA) is 73.8 Å². The first-order chi connectivity index (χ1) is 12.5. The number of sulfonamides is 1. The van der Waals surface area contributed by atoms with Gasteiger partial charge in [-0.1, -0.05) is 25.5 Å². The lowest BCUT2D eigenvalue weighted by atomic mass is 10.2. The minimum Gasteiger partial charge on any atom is -0.357 e. The summed E-state index contributed by atoms with van der Waals surface area (Å²) in [6.45, 7) is 6.77. The Balaban J connectivity index is 0.00000261. The van der Waals surface area contributed by atoms with Gasteiger partial charge in [0.05, 0.1) is 11.4 Å². The summed E-state index contributed by atoms with van der Waals surface area (Å²) < 4.78 is 27.3. The van der Waals surface area contributed by atoms with Crippen molar-refractivity contribution in [3.8, 4) is 0 Å². The van der Waals surface area contributed by atoms with Crippen LogP contribution in [0, 0.1) is 5.92 Å². The van der Waals surface area contributed by atoms with Gasteiger partial charge in [0.2, 0.25) is 10.0 Å². The molecule has 3 rings (SSSR count). The molecule has 2 atom stereocenters. The van der Waals surface area contributed by atoms with Crippen molar-refractivity contribution in [3.05, 3.63) is 29.8 Å². The third-order valence-corrected chi connectivity index (χ3v) is 6.94. The van der Waals surface area contributed by atoms with Crippen LogP contribution in [-0.2, 0) is 16.6 Å². The Bertz CT molecular complexity index is 748. The molecule has 0 aromatic heterocycles. The van der Waals surface area contributed by atoms with E-state index in [1.165, 1.54) is 6.42 Å². The number of guanidine groups is 1. The molecule has 1 aromatic carbocycles. The van der Waals surface area contributed by atoms with E-state index in [1.54, 1.807) is 16.4 Å². The summed E-state index contributed by atoms with van der Waals surface area (Å²) in [7, 11) is -3.40. The summed E-state index contributed by atoms with van der Waals surface area (Å²) in [6.07, 6.45) is 4.18. The number of hydrogen-bond donors (Lipinski definition) is 2. The van der Waals surface area contributed by atoms with Crippen LogP contribution in [0.1, 0.15) is 45.1 Å². The van der Waals surface area contributed by atoms with Gasteiger partial charge in [-0.3, -0.25) is 0 Å². The molecule has 0 spiro atoms. The largest absolute Gasteiger partial charge is 0.357 e. The molecule has 152 valence electrons. The fraction of sp³-hybridized carbons (Fsp3) is 0.632. The highest BCUT2D eigenvalue weighted by Gasteiger charge is 2.33. The standard InChI is InChI=1S/C19H30N4O2S.HI/c1-3-20-19(22-18-12-15(18)2)21-14-16-8-7-9-17(13-16)26(24,25)23-10-5-4-6-11-23;/h7-9,13,15,18H,3-6,10-12,14H2,1-2H3,(H2,20,21,22);1H. The predicted molar refractivity (Wildman–Crippen MR) is 120 cm³/mol. The second-order valence-corrected chi connectivity index (χ2v) is 9.21. The van der Waals surface area contributed by atoms with Gasteiger partial charge >= 0.3 is 0 Å². The quantitative estimate of drug-likeness (QED) is 0.354. The first-order valence-corrected chi connectivity index (χ1v) is 11.1. The van der Waals surface area contributed by atoms with Crippen LogP contribution in [0.25, 0.3) is 0 Å². The molecule has 2 fully saturated rings. The van der Waals surface area contributed by atoms with E-state index in [9.17, 15) is 8.42 Å². The van der Waals surface area contributed by atoms with Crippen LogP contribution in [0.3, 0.4) is 0 Å². The average Bonchev–Trinajstić information content (AvgIpc) is 3.35. The van der Waals surface area contributed by atoms with Gasteiger partial charge in [-0.2, -0.15) is 4.31 Å². The van der Waals surface area contributed by atoms with Crippen molar-refractivity contribution < 1.29 is 8.42 Å². The molecule has 1 aliphatic heterocycles. The molecule has 8 heteroatoms. The fourth-order valence-electron chi connectivity index (χ4n) is 3.25. The smallest absolute Gasteiger partial charge is 0.243 e. The molecule has 6 nitrogen and oxygen atoms in total. The maximum atomic E-state index is 12.8. The van der Waals surface area contributed by atoms with Crippen molar-refractivity contribution in [1.82, 2.24) is 14.9 Å². The summed E-state index contributed by atoms with van der Waals surface area (Å²) >= 11 is 0. The van der Waals surface area contributed by atoms with Crippen molar-refractivity contribution in [2.24, 2.45) is 10.9 Å². The van der Waals surface area contributed by atoms with E-state index in [0.29, 0.717) is 36.5 Å². The molecule has 0 bridgehead atoms. The van der Waals surface area contributed by atoms with Gasteiger partial charge in [0.15, 0.2) is 5.96 Å². The van der Waals surface area contributed by atoms with Gasteiger partial charge in [0.25, 0.3) is 0 Å². The number of benzene rings is 1. The highest BCUT2D eigenvalue weighted by molar-refractivity contribution is 14.0. The van der Waals surface area contributed by atoms with Crippen molar-refractivity contribution in [1.29, 1.82) is 0 Å². The van der Waals surface area contributed by atoms with Gasteiger partial charge in [0, 0.05) is 25.7 Å². The van der Waals surface area contributed by atoms with E-state index in [1.807, 2.05) is 19.1 Å². The number of aliphatic imine (C=N–C) groups is 1. The Labute approximate surface area is 180 Å². The van der Waals surface area contributed by atoms with Crippen LogP contribution in [0.4, 0.5) is 0 Å². The summed E-state index contributed by atoms with van der Waals surface area (Å²) in [5, 5.41) is 6.67. The zero-order valence-corrected chi connectivity index (χ0v) is 19.3. The molecular formula is C19H31IN4O2S. The number of halogens is 1. The summed E-state index contributed by atoms with van der Waals surface area (Å²) in [5.74, 6) is 1.49. The van der Waals surface area contributed by atoms with Crippen LogP contribution in [-0.4, -0.2) is 44.4 Å². The molecule has 2 unspecified atom stereocenters. The van der Waals surface area contributed by atoms with Crippen molar-refractivity contribution >= 4 is 40.0 Å². The second-order valence-electron chi connectivity index (χ2n) is 7.27. The third-order valence-electron chi connectivity index (χ3n) is 5.05. The second kappa shape index (κ2) is 10.1. The number of rotatable bonds is 6. The average molecular weight is 506 g/mol. The summed E-state index contributed by atoms with van der Waals surface area (Å²) in [5.41, 5.74) is 0.907. The monoisotopic (exact) mass is 506 g/mol. The first kappa shape index (κ1) is 22.4. The number of nitrogens with zero attached hydrogens (tertiary/aromatic N) is 2. The van der Waals surface area contributed by atoms with Crippen LogP contribution in [0.5, 0.6) is 0 Å². The van der Waals surface area contributed by atoms with Gasteiger partial charge in [-0.15, -0.1) is 24.0 Å². The Morgan fingerprint density at radius 3 is 2.59 bits per heavy atom. The molecule has 1 aromatic rings. The Kier molecular flexibility index (Phi) is 8.36. The van der Waals surface area contributed by atoms with E-state index >= 15 is 0 Å². The molecular weight excluding hydrogens is 475 g/mol. The van der Waals surface area contributed by atoms with Crippen molar-refractivity contribution in [2.75, 3.05) is 19.6 Å². The van der Waals surface area contributed by atoms with Crippen LogP contribution < -0.4 is 10.6 Å². The molecule has 1 saturated heterocycles. The van der Waals surface area contributed by atoms with E-state index in [4.69, 9.17) is 0 Å². The lowest BCUT2D eigenvalue weighted by Crippen LogP contribution is -2.39. The molecule has 1 heterocycles. The Morgan fingerprint density at radius 1 is 1.26 bits per heavy atom. The molecule has 1 aliphatic carbocycles. The lowest BCUT2D eigenvalue weighted by Gasteiger charge is -2.26. The normalized spacial score (nSPS) is 23.4. The highest BCUT2D eigenvalue weighted by Crippen LogP contribution is 2.28. The van der Waals surface area contributed by atoms with Crippen LogP contribution in [0.2, 0.25) is 0 Å². The summed E-state index contributed by atoms with van der Waals surface area (Å²) in [6, 6.07) is 7.69. The third kappa shape index (κ3) is 6.05. The molecule has 2 N–H and O–H groups in total. The van der Waals surface area contributed by atoms with E-state index < -0.39 is 10.0 Å². The van der Waals surface area contributed by atoms with Crippen molar-refractivity contribution in [2.45, 2.75) is 57.0 Å². The van der Waals surface area contributed by atoms with Crippen molar-refractivity contribution in [3.63, 3.8) is 0 Å². The molecule has 27 heavy (non-hydrogen) atoms. The van der Waals surface area contributed by atoms with Gasteiger partial charge in [0.1, 0.15) is 0 Å². The zero-order chi connectivity index (χ0) is 18.6. The van der Waals surface area contributed by atoms with Crippen LogP contribution >= 0.6 is 24.0 Å². The van der Waals surface area contributed by atoms with Gasteiger partial charge in [-0.25, -0.2) is 13.4 Å². The maximum Gasteiger partial charge on any atom is 0.243 e. The molecule has 0 amide bonds. The first-order valence-electron chi connectivity index (χ1n) is 9.64. The van der Waals surface area contributed by atoms with E-state index in [-0.39, 0.29) is 24.0 Å². The minimum atomic E-state index is -3.40. The fourth-order valence-corrected chi connectivity index (χ4v) is 4.84. The number of nitrogens with one attached hydrogen (secondary N) is 2.